The average Bonchev–Trinajstić information content (AvgIpc) is 2.46. The molecular weight excluding hydrogens is 280 g/mol. The molecule has 0 radical (unpaired) electrons. The van der Waals surface area contributed by atoms with Gasteiger partial charge in [-0.15, -0.1) is 0 Å². The molecule has 0 N–H and O–H groups in total. The zero-order valence-electron chi connectivity index (χ0n) is 14.2. The predicted molar refractivity (Wildman–Crippen MR) is 86.3 cm³/mol. The molecule has 1 rings (SSSR count). The summed E-state index contributed by atoms with van der Waals surface area (Å²) in [6, 6.07) is 5.25. The number of ether oxygens (including phenoxy) is 2. The molecule has 0 atom stereocenters. The van der Waals surface area contributed by atoms with Crippen LogP contribution in [0.3, 0.4) is 0 Å². The van der Waals surface area contributed by atoms with Crippen molar-refractivity contribution in [2.45, 2.75) is 52.9 Å². The molecule has 1 aromatic carbocycles. The van der Waals surface area contributed by atoms with Gasteiger partial charge in [-0.1, -0.05) is 46.2 Å². The number of hydrogen-bond donors (Lipinski definition) is 0. The Labute approximate surface area is 132 Å². The van der Waals surface area contributed by atoms with Gasteiger partial charge in [-0.2, -0.15) is 0 Å². The predicted octanol–water partition coefficient (Wildman–Crippen LogP) is 4.12. The van der Waals surface area contributed by atoms with Crippen molar-refractivity contribution >= 4 is 11.9 Å². The minimum Gasteiger partial charge on any atom is -0.462 e. The van der Waals surface area contributed by atoms with Crippen molar-refractivity contribution in [2.24, 2.45) is 0 Å². The number of rotatable bonds is 6. The molecule has 0 aliphatic heterocycles. The van der Waals surface area contributed by atoms with E-state index in [0.29, 0.717) is 12.2 Å². The second kappa shape index (κ2) is 7.97. The summed E-state index contributed by atoms with van der Waals surface area (Å²) in [5, 5.41) is 0. The molecule has 0 unspecified atom stereocenters. The van der Waals surface area contributed by atoms with Crippen LogP contribution >= 0.6 is 0 Å². The lowest BCUT2D eigenvalue weighted by Crippen LogP contribution is -2.22. The van der Waals surface area contributed by atoms with Crippen LogP contribution in [-0.4, -0.2) is 25.2 Å². The summed E-state index contributed by atoms with van der Waals surface area (Å²) < 4.78 is 10.4. The molecule has 1 aromatic rings. The van der Waals surface area contributed by atoms with Gasteiger partial charge in [0.25, 0.3) is 0 Å². The zero-order valence-corrected chi connectivity index (χ0v) is 14.2. The van der Waals surface area contributed by atoms with E-state index in [9.17, 15) is 9.59 Å². The molecule has 0 saturated heterocycles. The van der Waals surface area contributed by atoms with Gasteiger partial charge < -0.3 is 9.47 Å². The summed E-state index contributed by atoms with van der Waals surface area (Å²) >= 11 is 0. The first-order chi connectivity index (χ1) is 10.3. The summed E-state index contributed by atoms with van der Waals surface area (Å²) in [4.78, 5) is 24.6. The van der Waals surface area contributed by atoms with Crippen LogP contribution in [-0.2, 0) is 14.9 Å². The van der Waals surface area contributed by atoms with E-state index in [1.54, 1.807) is 19.1 Å². The van der Waals surface area contributed by atoms with E-state index in [0.717, 1.165) is 18.4 Å². The van der Waals surface area contributed by atoms with Crippen LogP contribution in [0.4, 0.5) is 0 Å². The zero-order chi connectivity index (χ0) is 16.8. The normalized spacial score (nSPS) is 11.1. The maximum absolute atomic E-state index is 12.3. The Hall–Kier alpha value is -1.84. The first-order valence-corrected chi connectivity index (χ1v) is 7.80. The van der Waals surface area contributed by atoms with Gasteiger partial charge in [0.2, 0.25) is 0 Å². The number of esters is 2. The van der Waals surface area contributed by atoms with Gasteiger partial charge in [0.05, 0.1) is 24.3 Å². The second-order valence-electron chi connectivity index (χ2n) is 6.19. The molecule has 0 saturated carbocycles. The monoisotopic (exact) mass is 306 g/mol. The van der Waals surface area contributed by atoms with Gasteiger partial charge in [-0.25, -0.2) is 9.59 Å². The van der Waals surface area contributed by atoms with Crippen molar-refractivity contribution < 1.29 is 19.1 Å². The van der Waals surface area contributed by atoms with E-state index in [1.165, 1.54) is 0 Å². The molecule has 4 nitrogen and oxygen atoms in total. The maximum atomic E-state index is 12.3. The molecule has 0 aliphatic carbocycles. The number of unbranched alkanes of at least 4 members (excludes halogenated alkanes) is 1. The van der Waals surface area contributed by atoms with Gasteiger partial charge in [0.15, 0.2) is 0 Å². The van der Waals surface area contributed by atoms with Crippen LogP contribution in [0.2, 0.25) is 0 Å². The van der Waals surface area contributed by atoms with Crippen molar-refractivity contribution in [3.05, 3.63) is 34.9 Å². The summed E-state index contributed by atoms with van der Waals surface area (Å²) in [7, 11) is 0. The Morgan fingerprint density at radius 1 is 1.05 bits per heavy atom. The highest BCUT2D eigenvalue weighted by molar-refractivity contribution is 6.04. The van der Waals surface area contributed by atoms with Gasteiger partial charge in [0.1, 0.15) is 0 Å². The maximum Gasteiger partial charge on any atom is 0.339 e. The van der Waals surface area contributed by atoms with Crippen LogP contribution in [0.25, 0.3) is 0 Å². The van der Waals surface area contributed by atoms with Crippen molar-refractivity contribution in [1.82, 2.24) is 0 Å². The summed E-state index contributed by atoms with van der Waals surface area (Å²) in [5.41, 5.74) is 1.11. The minimum atomic E-state index is -0.476. The van der Waals surface area contributed by atoms with Gasteiger partial charge in [-0.05, 0) is 30.4 Å². The lowest BCUT2D eigenvalue weighted by molar-refractivity contribution is 0.0462. The lowest BCUT2D eigenvalue weighted by Gasteiger charge is -2.23. The van der Waals surface area contributed by atoms with Gasteiger partial charge in [0, 0.05) is 0 Å². The topological polar surface area (TPSA) is 52.6 Å². The third-order valence-electron chi connectivity index (χ3n) is 3.30. The molecule has 0 fully saturated rings. The van der Waals surface area contributed by atoms with E-state index in [-0.39, 0.29) is 17.6 Å². The molecule has 0 aromatic heterocycles. The largest absolute Gasteiger partial charge is 0.462 e. The van der Waals surface area contributed by atoms with Crippen LogP contribution in [0, 0.1) is 0 Å². The Morgan fingerprint density at radius 2 is 1.73 bits per heavy atom. The molecule has 4 heteroatoms. The van der Waals surface area contributed by atoms with Crippen molar-refractivity contribution in [3.63, 3.8) is 0 Å². The molecule has 0 aliphatic rings. The summed E-state index contributed by atoms with van der Waals surface area (Å²) in [5.74, 6) is -0.946. The fourth-order valence-corrected chi connectivity index (χ4v) is 2.16. The van der Waals surface area contributed by atoms with E-state index in [2.05, 4.69) is 0 Å². The van der Waals surface area contributed by atoms with Crippen LogP contribution in [0.15, 0.2) is 18.2 Å². The van der Waals surface area contributed by atoms with Crippen LogP contribution < -0.4 is 0 Å². The number of benzene rings is 1. The molecule has 22 heavy (non-hydrogen) atoms. The first kappa shape index (κ1) is 18.2. The fourth-order valence-electron chi connectivity index (χ4n) is 2.16. The molecule has 0 bridgehead atoms. The van der Waals surface area contributed by atoms with Crippen molar-refractivity contribution in [2.75, 3.05) is 13.2 Å². The Morgan fingerprint density at radius 3 is 2.27 bits per heavy atom. The van der Waals surface area contributed by atoms with Crippen LogP contribution in [0.5, 0.6) is 0 Å². The van der Waals surface area contributed by atoms with E-state index >= 15 is 0 Å². The average molecular weight is 306 g/mol. The molecule has 0 amide bonds. The second-order valence-corrected chi connectivity index (χ2v) is 6.19. The Balaban J connectivity index is 3.26. The number of carbonyl (C=O) groups is 2. The quantitative estimate of drug-likeness (QED) is 0.586. The lowest BCUT2D eigenvalue weighted by atomic mass is 9.82. The highest BCUT2D eigenvalue weighted by Gasteiger charge is 2.28. The Bertz CT molecular complexity index is 526. The van der Waals surface area contributed by atoms with Crippen molar-refractivity contribution in [1.29, 1.82) is 0 Å². The standard InChI is InChI=1S/C18H26O4/c1-6-8-12-22-16(19)13-10-9-11-14(18(3,4)5)15(13)17(20)21-7-2/h9-11H,6-8,12H2,1-5H3. The minimum absolute atomic E-state index is 0.266. The molecular formula is C18H26O4. The van der Waals surface area contributed by atoms with Gasteiger partial charge in [-0.3, -0.25) is 0 Å². The third kappa shape index (κ3) is 4.58. The highest BCUT2D eigenvalue weighted by atomic mass is 16.5. The number of carbonyl (C=O) groups excluding carboxylic acids is 2. The van der Waals surface area contributed by atoms with Crippen molar-refractivity contribution in [3.8, 4) is 0 Å². The molecule has 0 spiro atoms. The first-order valence-electron chi connectivity index (χ1n) is 7.80. The third-order valence-corrected chi connectivity index (χ3v) is 3.30. The molecule has 122 valence electrons. The highest BCUT2D eigenvalue weighted by Crippen LogP contribution is 2.29. The van der Waals surface area contributed by atoms with E-state index in [4.69, 9.17) is 9.47 Å². The van der Waals surface area contributed by atoms with E-state index in [1.807, 2.05) is 33.8 Å². The summed E-state index contributed by atoms with van der Waals surface area (Å²) in [6.45, 7) is 10.4. The summed E-state index contributed by atoms with van der Waals surface area (Å²) in [6.07, 6.45) is 1.75. The van der Waals surface area contributed by atoms with E-state index < -0.39 is 11.9 Å². The van der Waals surface area contributed by atoms with Crippen LogP contribution in [0.1, 0.15) is 73.7 Å². The number of hydrogen-bond acceptors (Lipinski definition) is 4. The smallest absolute Gasteiger partial charge is 0.339 e. The SMILES string of the molecule is CCCCOC(=O)c1cccc(C(C)(C)C)c1C(=O)OCC. The van der Waals surface area contributed by atoms with Gasteiger partial charge >= 0.3 is 11.9 Å². The molecule has 0 heterocycles. The Kier molecular flexibility index (Phi) is 6.60. The fraction of sp³-hybridized carbons (Fsp3) is 0.556.